The van der Waals surface area contributed by atoms with Crippen molar-refractivity contribution in [2.75, 3.05) is 4.90 Å². The Labute approximate surface area is 196 Å². The van der Waals surface area contributed by atoms with Crippen LogP contribution in [-0.2, 0) is 0 Å². The monoisotopic (exact) mass is 460 g/mol. The Balaban J connectivity index is 1.42. The molecule has 1 N–H and O–H groups in total. The fraction of sp³-hybridized carbons (Fsp3) is 0. The van der Waals surface area contributed by atoms with E-state index in [9.17, 15) is 29.2 Å². The second-order valence-electron chi connectivity index (χ2n) is 8.54. The molecule has 0 radical (unpaired) electrons. The molecule has 3 aliphatic rings. The first-order chi connectivity index (χ1) is 16.9. The van der Waals surface area contributed by atoms with Gasteiger partial charge in [0.05, 0.1) is 16.8 Å². The third kappa shape index (κ3) is 2.26. The SMILES string of the molecule is O=C1c2ccccc2-c2ccc(N3C(=O)c4ccc5c6c(ccc(c46)C3=O)C(=O)N(O)C5=O)cc21. The predicted octanol–water partition coefficient (Wildman–Crippen LogP) is 3.84. The molecule has 8 heteroatoms. The molecular weight excluding hydrogens is 448 g/mol. The highest BCUT2D eigenvalue weighted by atomic mass is 16.5. The van der Waals surface area contributed by atoms with Crippen molar-refractivity contribution in [1.29, 1.82) is 0 Å². The van der Waals surface area contributed by atoms with E-state index in [0.29, 0.717) is 11.1 Å². The summed E-state index contributed by atoms with van der Waals surface area (Å²) in [5.41, 5.74) is 3.07. The number of nitrogens with zero attached hydrogens (tertiary/aromatic N) is 2. The zero-order valence-electron chi connectivity index (χ0n) is 17.7. The van der Waals surface area contributed by atoms with Crippen molar-refractivity contribution in [3.8, 4) is 11.1 Å². The summed E-state index contributed by atoms with van der Waals surface area (Å²) in [6.45, 7) is 0. The Morgan fingerprint density at radius 2 is 0.943 bits per heavy atom. The van der Waals surface area contributed by atoms with Crippen molar-refractivity contribution >= 4 is 45.9 Å². The van der Waals surface area contributed by atoms with Crippen LogP contribution in [0.5, 0.6) is 0 Å². The Morgan fingerprint density at radius 3 is 1.51 bits per heavy atom. The summed E-state index contributed by atoms with van der Waals surface area (Å²) in [7, 11) is 0. The fourth-order valence-corrected chi connectivity index (χ4v) is 5.25. The minimum atomic E-state index is -0.926. The number of carbonyl (C=O) groups is 5. The van der Waals surface area contributed by atoms with Gasteiger partial charge in [-0.25, -0.2) is 4.90 Å². The van der Waals surface area contributed by atoms with Crippen molar-refractivity contribution < 1.29 is 29.2 Å². The van der Waals surface area contributed by atoms with E-state index in [0.717, 1.165) is 16.0 Å². The van der Waals surface area contributed by atoms with Gasteiger partial charge in [-0.15, -0.1) is 5.06 Å². The maximum Gasteiger partial charge on any atom is 0.285 e. The minimum absolute atomic E-state index is 0.0255. The van der Waals surface area contributed by atoms with Crippen LogP contribution in [0.3, 0.4) is 0 Å². The molecule has 0 saturated heterocycles. The molecule has 2 heterocycles. The molecule has 0 fully saturated rings. The van der Waals surface area contributed by atoms with Gasteiger partial charge in [-0.3, -0.25) is 29.2 Å². The molecule has 0 bridgehead atoms. The number of benzene rings is 4. The van der Waals surface area contributed by atoms with Crippen LogP contribution in [0, 0.1) is 0 Å². The van der Waals surface area contributed by atoms with E-state index >= 15 is 0 Å². The number of carbonyl (C=O) groups excluding carboxylic acids is 5. The molecule has 166 valence electrons. The Bertz CT molecular complexity index is 1700. The topological polar surface area (TPSA) is 112 Å². The Kier molecular flexibility index (Phi) is 3.53. The van der Waals surface area contributed by atoms with Crippen LogP contribution < -0.4 is 4.90 Å². The number of imide groups is 2. The van der Waals surface area contributed by atoms with Gasteiger partial charge in [-0.05, 0) is 47.5 Å². The standard InChI is InChI=1S/C27H12N2O6/c30-23-15-4-2-1-3-13(15)14-6-5-12(11-20(14)23)28-24(31)16-7-9-18-22-19(27(34)29(35)26(18)33)10-8-17(21(16)22)25(28)32/h1-11,35H. The summed E-state index contributed by atoms with van der Waals surface area (Å²) in [5, 5.41) is 10.3. The normalized spacial score (nSPS) is 15.7. The lowest BCUT2D eigenvalue weighted by atomic mass is 9.86. The van der Waals surface area contributed by atoms with E-state index < -0.39 is 23.6 Å². The number of hydrogen-bond acceptors (Lipinski definition) is 6. The van der Waals surface area contributed by atoms with Crippen molar-refractivity contribution in [1.82, 2.24) is 5.06 Å². The number of amides is 4. The molecule has 0 unspecified atom stereocenters. The molecule has 0 saturated carbocycles. The van der Waals surface area contributed by atoms with Gasteiger partial charge >= 0.3 is 0 Å². The molecular formula is C27H12N2O6. The molecule has 4 amide bonds. The van der Waals surface area contributed by atoms with Crippen molar-refractivity contribution in [2.24, 2.45) is 0 Å². The second kappa shape index (κ2) is 6.34. The molecule has 2 aliphatic heterocycles. The summed E-state index contributed by atoms with van der Waals surface area (Å²) in [4.78, 5) is 66.0. The van der Waals surface area contributed by atoms with Gasteiger partial charge in [-0.2, -0.15) is 0 Å². The van der Waals surface area contributed by atoms with Gasteiger partial charge in [0.1, 0.15) is 0 Å². The quantitative estimate of drug-likeness (QED) is 0.301. The summed E-state index contributed by atoms with van der Waals surface area (Å²) < 4.78 is 0. The van der Waals surface area contributed by atoms with Crippen LogP contribution >= 0.6 is 0 Å². The fourth-order valence-electron chi connectivity index (χ4n) is 5.25. The molecule has 1 aliphatic carbocycles. The number of hydrogen-bond donors (Lipinski definition) is 1. The van der Waals surface area contributed by atoms with Gasteiger partial charge in [0.25, 0.3) is 23.6 Å². The maximum atomic E-state index is 13.6. The highest BCUT2D eigenvalue weighted by Gasteiger charge is 2.40. The summed E-state index contributed by atoms with van der Waals surface area (Å²) >= 11 is 0. The van der Waals surface area contributed by atoms with E-state index in [2.05, 4.69) is 0 Å². The van der Waals surface area contributed by atoms with Crippen molar-refractivity contribution in [3.63, 3.8) is 0 Å². The first-order valence-corrected chi connectivity index (χ1v) is 10.7. The van der Waals surface area contributed by atoms with Gasteiger partial charge in [0.15, 0.2) is 5.78 Å². The van der Waals surface area contributed by atoms with E-state index in [1.54, 1.807) is 24.3 Å². The second-order valence-corrected chi connectivity index (χ2v) is 8.54. The van der Waals surface area contributed by atoms with Gasteiger partial charge in [0.2, 0.25) is 0 Å². The average molecular weight is 460 g/mol. The molecule has 4 aromatic rings. The molecule has 0 spiro atoms. The van der Waals surface area contributed by atoms with Crippen molar-refractivity contribution in [3.05, 3.63) is 100 Å². The van der Waals surface area contributed by atoms with Gasteiger partial charge in [0, 0.05) is 33.0 Å². The van der Waals surface area contributed by atoms with Crippen LogP contribution in [0.25, 0.3) is 21.9 Å². The smallest absolute Gasteiger partial charge is 0.285 e. The molecule has 35 heavy (non-hydrogen) atoms. The minimum Gasteiger partial charge on any atom is -0.289 e. The number of ketones is 1. The number of fused-ring (bicyclic) bond motifs is 3. The highest BCUT2D eigenvalue weighted by Crippen LogP contribution is 2.41. The zero-order chi connectivity index (χ0) is 24.2. The van der Waals surface area contributed by atoms with Crippen molar-refractivity contribution in [2.45, 2.75) is 0 Å². The maximum absolute atomic E-state index is 13.6. The van der Waals surface area contributed by atoms with Crippen LogP contribution in [-0.4, -0.2) is 39.7 Å². The Hall–Kier alpha value is -4.95. The van der Waals surface area contributed by atoms with Crippen LogP contribution in [0.1, 0.15) is 57.4 Å². The van der Waals surface area contributed by atoms with E-state index in [-0.39, 0.29) is 49.6 Å². The molecule has 0 atom stereocenters. The summed E-state index contributed by atoms with van der Waals surface area (Å²) in [6, 6.07) is 17.6. The molecule has 8 nitrogen and oxygen atoms in total. The van der Waals surface area contributed by atoms with Crippen LogP contribution in [0.2, 0.25) is 0 Å². The third-order valence-electron chi connectivity index (χ3n) is 6.84. The first kappa shape index (κ1) is 19.5. The predicted molar refractivity (Wildman–Crippen MR) is 123 cm³/mol. The lowest BCUT2D eigenvalue weighted by Crippen LogP contribution is -2.42. The van der Waals surface area contributed by atoms with E-state index in [1.807, 2.05) is 12.1 Å². The van der Waals surface area contributed by atoms with Crippen LogP contribution in [0.15, 0.2) is 66.7 Å². The third-order valence-corrected chi connectivity index (χ3v) is 6.84. The number of rotatable bonds is 1. The number of anilines is 1. The average Bonchev–Trinajstić information content (AvgIpc) is 3.16. The lowest BCUT2D eigenvalue weighted by molar-refractivity contribution is -0.0377. The van der Waals surface area contributed by atoms with E-state index in [1.165, 1.54) is 30.3 Å². The van der Waals surface area contributed by atoms with E-state index in [4.69, 9.17) is 0 Å². The summed E-state index contributed by atoms with van der Waals surface area (Å²) in [6.07, 6.45) is 0. The van der Waals surface area contributed by atoms with Crippen LogP contribution in [0.4, 0.5) is 5.69 Å². The number of hydroxylamine groups is 2. The van der Waals surface area contributed by atoms with Gasteiger partial charge < -0.3 is 0 Å². The highest BCUT2D eigenvalue weighted by molar-refractivity contribution is 6.39. The lowest BCUT2D eigenvalue weighted by Gasteiger charge is -2.30. The van der Waals surface area contributed by atoms with Gasteiger partial charge in [-0.1, -0.05) is 30.3 Å². The summed E-state index contributed by atoms with van der Waals surface area (Å²) in [5.74, 6) is -3.31. The Morgan fingerprint density at radius 1 is 0.486 bits per heavy atom. The largest absolute Gasteiger partial charge is 0.289 e. The molecule has 4 aromatic carbocycles. The molecule has 0 aromatic heterocycles. The zero-order valence-corrected chi connectivity index (χ0v) is 17.7. The molecule has 7 rings (SSSR count). The first-order valence-electron chi connectivity index (χ1n) is 10.7.